The van der Waals surface area contributed by atoms with Gasteiger partial charge in [0, 0.05) is 24.0 Å². The molecule has 0 aliphatic heterocycles. The largest absolute Gasteiger partial charge is 0.322 e. The summed E-state index contributed by atoms with van der Waals surface area (Å²) in [7, 11) is 0. The van der Waals surface area contributed by atoms with Crippen molar-refractivity contribution in [1.29, 1.82) is 0 Å². The molecule has 1 fully saturated rings. The topological polar surface area (TPSA) is 63.1 Å². The Labute approximate surface area is 159 Å². The summed E-state index contributed by atoms with van der Waals surface area (Å²) < 4.78 is 1.83. The van der Waals surface area contributed by atoms with Gasteiger partial charge in [-0.2, -0.15) is 11.8 Å². The lowest BCUT2D eigenvalue weighted by Crippen LogP contribution is -2.45. The molecule has 0 atom stereocenters. The summed E-state index contributed by atoms with van der Waals surface area (Å²) >= 11 is 1.89. The molecule has 3 rings (SSSR count). The second-order valence-corrected chi connectivity index (χ2v) is 7.93. The first-order valence-electron chi connectivity index (χ1n) is 9.38. The van der Waals surface area contributed by atoms with Gasteiger partial charge in [-0.15, -0.1) is 10.2 Å². The van der Waals surface area contributed by atoms with Gasteiger partial charge < -0.3 is 10.2 Å². The highest BCUT2D eigenvalue weighted by Crippen LogP contribution is 2.24. The fourth-order valence-electron chi connectivity index (χ4n) is 3.42. The molecule has 1 N–H and O–H groups in total. The highest BCUT2D eigenvalue weighted by Gasteiger charge is 2.25. The zero-order valence-corrected chi connectivity index (χ0v) is 16.1. The van der Waals surface area contributed by atoms with Crippen molar-refractivity contribution in [1.82, 2.24) is 19.7 Å². The molecule has 1 aromatic heterocycles. The van der Waals surface area contributed by atoms with Crippen molar-refractivity contribution in [3.05, 3.63) is 36.9 Å². The summed E-state index contributed by atoms with van der Waals surface area (Å²) in [5, 5.41) is 10.8. The van der Waals surface area contributed by atoms with Crippen LogP contribution in [0.25, 0.3) is 5.69 Å². The third kappa shape index (κ3) is 5.00. The Hall–Kier alpha value is -2.02. The molecule has 0 radical (unpaired) electrons. The van der Waals surface area contributed by atoms with E-state index in [4.69, 9.17) is 0 Å². The standard InChI is InChI=1S/C19H27N5OS/c1-2-26-12-11-24(17-8-4-3-5-9-17)19(25)22-16-7-6-10-18(13-16)23-14-20-21-15-23/h6-7,10,13-15,17H,2-5,8-9,11-12H2,1H3,(H,22,25). The van der Waals surface area contributed by atoms with Gasteiger partial charge in [-0.25, -0.2) is 4.79 Å². The number of nitrogens with zero attached hydrogens (tertiary/aromatic N) is 4. The van der Waals surface area contributed by atoms with Crippen molar-refractivity contribution < 1.29 is 4.79 Å². The molecule has 2 amide bonds. The van der Waals surface area contributed by atoms with E-state index in [1.54, 1.807) is 12.7 Å². The van der Waals surface area contributed by atoms with E-state index in [1.165, 1.54) is 19.3 Å². The van der Waals surface area contributed by atoms with E-state index in [2.05, 4.69) is 22.4 Å². The Morgan fingerprint density at radius 3 is 2.77 bits per heavy atom. The summed E-state index contributed by atoms with van der Waals surface area (Å²) in [5.74, 6) is 2.07. The van der Waals surface area contributed by atoms with Gasteiger partial charge in [0.25, 0.3) is 0 Å². The molecule has 140 valence electrons. The summed E-state index contributed by atoms with van der Waals surface area (Å²) in [6.07, 6.45) is 9.26. The Morgan fingerprint density at radius 1 is 1.27 bits per heavy atom. The van der Waals surface area contributed by atoms with Crippen LogP contribution in [0.15, 0.2) is 36.9 Å². The molecular weight excluding hydrogens is 346 g/mol. The van der Waals surface area contributed by atoms with E-state index in [0.717, 1.165) is 42.3 Å². The number of carbonyl (C=O) groups excluding carboxylic acids is 1. The quantitative estimate of drug-likeness (QED) is 0.739. The van der Waals surface area contributed by atoms with Crippen molar-refractivity contribution in [2.45, 2.75) is 45.1 Å². The van der Waals surface area contributed by atoms with E-state index in [-0.39, 0.29) is 6.03 Å². The highest BCUT2D eigenvalue weighted by atomic mass is 32.2. The van der Waals surface area contributed by atoms with E-state index in [1.807, 2.05) is 45.5 Å². The van der Waals surface area contributed by atoms with Gasteiger partial charge in [-0.3, -0.25) is 4.57 Å². The zero-order valence-electron chi connectivity index (χ0n) is 15.3. The summed E-state index contributed by atoms with van der Waals surface area (Å²) in [6.45, 7) is 2.96. The van der Waals surface area contributed by atoms with Crippen LogP contribution in [0, 0.1) is 0 Å². The van der Waals surface area contributed by atoms with Gasteiger partial charge in [-0.1, -0.05) is 32.3 Å². The number of anilines is 1. The third-order valence-corrected chi connectivity index (χ3v) is 5.65. The molecule has 1 aliphatic rings. The first-order valence-corrected chi connectivity index (χ1v) is 10.5. The minimum atomic E-state index is 0.00880. The minimum Gasteiger partial charge on any atom is -0.321 e. The molecule has 1 aromatic carbocycles. The maximum Gasteiger partial charge on any atom is 0.322 e. The molecular formula is C19H27N5OS. The predicted octanol–water partition coefficient (Wildman–Crippen LogP) is 4.19. The maximum atomic E-state index is 13.0. The Kier molecular flexibility index (Phi) is 6.94. The number of amides is 2. The predicted molar refractivity (Wildman–Crippen MR) is 107 cm³/mol. The number of aromatic nitrogens is 3. The number of carbonyl (C=O) groups is 1. The van der Waals surface area contributed by atoms with Gasteiger partial charge >= 0.3 is 6.03 Å². The summed E-state index contributed by atoms with van der Waals surface area (Å²) in [5.41, 5.74) is 1.73. The van der Waals surface area contributed by atoms with E-state index < -0.39 is 0 Å². The number of urea groups is 1. The number of hydrogen-bond donors (Lipinski definition) is 1. The zero-order chi connectivity index (χ0) is 18.2. The van der Waals surface area contributed by atoms with Gasteiger partial charge in [-0.05, 0) is 36.8 Å². The molecule has 2 aromatic rings. The van der Waals surface area contributed by atoms with E-state index in [9.17, 15) is 4.79 Å². The van der Waals surface area contributed by atoms with E-state index >= 15 is 0 Å². The second-order valence-electron chi connectivity index (χ2n) is 6.53. The highest BCUT2D eigenvalue weighted by molar-refractivity contribution is 7.99. The van der Waals surface area contributed by atoms with Crippen LogP contribution in [0.4, 0.5) is 10.5 Å². The third-order valence-electron chi connectivity index (χ3n) is 4.77. The lowest BCUT2D eigenvalue weighted by atomic mass is 9.94. The Morgan fingerprint density at radius 2 is 2.04 bits per heavy atom. The molecule has 0 bridgehead atoms. The summed E-state index contributed by atoms with van der Waals surface area (Å²) in [6, 6.07) is 8.14. The monoisotopic (exact) mass is 373 g/mol. The maximum absolute atomic E-state index is 13.0. The fourth-order valence-corrected chi connectivity index (χ4v) is 4.04. The van der Waals surface area contributed by atoms with Crippen LogP contribution in [-0.4, -0.2) is 49.8 Å². The smallest absolute Gasteiger partial charge is 0.321 e. The van der Waals surface area contributed by atoms with Crippen molar-refractivity contribution in [3.8, 4) is 5.69 Å². The van der Waals surface area contributed by atoms with Crippen molar-refractivity contribution in [2.24, 2.45) is 0 Å². The van der Waals surface area contributed by atoms with Crippen molar-refractivity contribution in [2.75, 3.05) is 23.4 Å². The Balaban J connectivity index is 1.69. The molecule has 6 nitrogen and oxygen atoms in total. The van der Waals surface area contributed by atoms with Crippen LogP contribution >= 0.6 is 11.8 Å². The molecule has 0 spiro atoms. The van der Waals surface area contributed by atoms with Crippen LogP contribution < -0.4 is 5.32 Å². The minimum absolute atomic E-state index is 0.00880. The van der Waals surface area contributed by atoms with Crippen molar-refractivity contribution in [3.63, 3.8) is 0 Å². The van der Waals surface area contributed by atoms with Gasteiger partial charge in [0.2, 0.25) is 0 Å². The first kappa shape index (κ1) is 18.8. The number of nitrogens with one attached hydrogen (secondary N) is 1. The fraction of sp³-hybridized carbons (Fsp3) is 0.526. The van der Waals surface area contributed by atoms with Gasteiger partial charge in [0.05, 0.1) is 5.69 Å². The van der Waals surface area contributed by atoms with Crippen LogP contribution in [0.5, 0.6) is 0 Å². The lowest BCUT2D eigenvalue weighted by molar-refractivity contribution is 0.172. The molecule has 0 unspecified atom stereocenters. The van der Waals surface area contributed by atoms with Crippen LogP contribution in [0.2, 0.25) is 0 Å². The van der Waals surface area contributed by atoms with E-state index in [0.29, 0.717) is 6.04 Å². The van der Waals surface area contributed by atoms with Crippen LogP contribution in [0.3, 0.4) is 0 Å². The number of thioether (sulfide) groups is 1. The SMILES string of the molecule is CCSCCN(C(=O)Nc1cccc(-n2cnnc2)c1)C1CCCCC1. The normalized spacial score (nSPS) is 15.0. The Bertz CT molecular complexity index is 685. The molecule has 26 heavy (non-hydrogen) atoms. The van der Waals surface area contributed by atoms with Gasteiger partial charge in [0.1, 0.15) is 12.7 Å². The van der Waals surface area contributed by atoms with Crippen LogP contribution in [-0.2, 0) is 0 Å². The number of hydrogen-bond acceptors (Lipinski definition) is 4. The molecule has 1 saturated carbocycles. The summed E-state index contributed by atoms with van der Waals surface area (Å²) in [4.78, 5) is 15.0. The van der Waals surface area contributed by atoms with Gasteiger partial charge in [0.15, 0.2) is 0 Å². The lowest BCUT2D eigenvalue weighted by Gasteiger charge is -2.34. The molecule has 1 aliphatic carbocycles. The van der Waals surface area contributed by atoms with Crippen LogP contribution in [0.1, 0.15) is 39.0 Å². The molecule has 7 heteroatoms. The average molecular weight is 374 g/mol. The number of benzene rings is 1. The average Bonchev–Trinajstić information content (AvgIpc) is 3.21. The first-order chi connectivity index (χ1) is 12.8. The molecule has 0 saturated heterocycles. The second kappa shape index (κ2) is 9.62. The van der Waals surface area contributed by atoms with Crippen molar-refractivity contribution >= 4 is 23.5 Å². The number of rotatable bonds is 7. The molecule has 1 heterocycles.